The van der Waals surface area contributed by atoms with Crippen molar-refractivity contribution in [1.29, 1.82) is 5.26 Å². The van der Waals surface area contributed by atoms with Crippen molar-refractivity contribution in [2.45, 2.75) is 0 Å². The van der Waals surface area contributed by atoms with Gasteiger partial charge in [-0.05, 0) is 0 Å². The molecule has 0 amide bonds. The van der Waals surface area contributed by atoms with E-state index in [1.54, 1.807) is 0 Å². The molecule has 0 aromatic carbocycles. The van der Waals surface area contributed by atoms with Crippen LogP contribution in [0, 0.1) is 11.8 Å². The van der Waals surface area contributed by atoms with Crippen molar-refractivity contribution in [1.82, 2.24) is 0 Å². The van der Waals surface area contributed by atoms with Crippen molar-refractivity contribution in [2.75, 3.05) is 0 Å². The van der Waals surface area contributed by atoms with Gasteiger partial charge in [-0.25, -0.2) is 0 Å². The molecule has 0 bridgehead atoms. The summed E-state index contributed by atoms with van der Waals surface area (Å²) in [5.41, 5.74) is 0. The molecule has 0 aliphatic heterocycles. The minimum absolute atomic E-state index is 0. The van der Waals surface area contributed by atoms with Crippen LogP contribution < -0.4 is 0 Å². The maximum absolute atomic E-state index is 6.25. The first-order valence-corrected chi connectivity index (χ1v) is 0.224. The Kier molecular flexibility index (Phi) is 103. The summed E-state index contributed by atoms with van der Waals surface area (Å²) in [5, 5.41) is 6.25. The zero-order valence-corrected chi connectivity index (χ0v) is 7.55. The molecule has 0 aromatic rings. The van der Waals surface area contributed by atoms with Gasteiger partial charge in [0.15, 0.2) is 0 Å². The van der Waals surface area contributed by atoms with Crippen molar-refractivity contribution < 1.29 is 19.9 Å². The second kappa shape index (κ2) is 23.5. The van der Waals surface area contributed by atoms with Crippen LogP contribution >= 0.6 is 0 Å². The molecule has 0 atom stereocenters. The Labute approximate surface area is 79.3 Å². The van der Waals surface area contributed by atoms with Crippen LogP contribution in [0.5, 0.6) is 0 Å². The molecule has 0 aliphatic carbocycles. The van der Waals surface area contributed by atoms with Gasteiger partial charge in [-0.15, -0.1) is 0 Å². The van der Waals surface area contributed by atoms with Gasteiger partial charge in [0.25, 0.3) is 0 Å². The second-order valence-corrected chi connectivity index (χ2v) is 0. The van der Waals surface area contributed by atoms with E-state index in [-0.39, 0.29) is 68.8 Å². The van der Waals surface area contributed by atoms with Gasteiger partial charge >= 0.3 is 48.9 Å². The van der Waals surface area contributed by atoms with Gasteiger partial charge in [-0.3, -0.25) is 0 Å². The average molecular weight is 221 g/mol. The first-order valence-electron chi connectivity index (χ1n) is 0.224. The predicted molar refractivity (Wildman–Crippen MR) is 12.9 cm³/mol. The van der Waals surface area contributed by atoms with E-state index in [9.17, 15) is 0 Å². The third-order valence-corrected chi connectivity index (χ3v) is 0. The molecule has 0 unspecified atom stereocenters. The minimum Gasteiger partial charge on any atom is -1.00 e. The van der Waals surface area contributed by atoms with Crippen molar-refractivity contribution in [3.63, 3.8) is 0 Å². The van der Waals surface area contributed by atoms with Crippen molar-refractivity contribution in [3.05, 3.63) is 6.57 Å². The van der Waals surface area contributed by atoms with Gasteiger partial charge in [-0.1, -0.05) is 0 Å². The Morgan fingerprint density at radius 2 is 1.50 bits per heavy atom. The van der Waals surface area contributed by atoms with Crippen LogP contribution in [-0.2, 0) is 17.1 Å². The molecule has 22 valence electrons. The van der Waals surface area contributed by atoms with Crippen LogP contribution in [0.4, 0.5) is 0 Å². The number of rotatable bonds is 0. The molecule has 0 spiro atoms. The summed E-state index contributed by atoms with van der Waals surface area (Å²) in [6.07, 6.45) is 0. The zero-order chi connectivity index (χ0) is 2.00. The fourth-order valence-electron chi connectivity index (χ4n) is 0. The molecule has 0 saturated heterocycles. The molecule has 0 saturated carbocycles. The first kappa shape index (κ1) is 17.6. The van der Waals surface area contributed by atoms with Gasteiger partial charge in [-0.2, -0.15) is 0 Å². The topological polar surface area (TPSA) is 23.8 Å². The van der Waals surface area contributed by atoms with E-state index in [0.717, 1.165) is 0 Å². The Balaban J connectivity index is -0.000000000833. The quantitative estimate of drug-likeness (QED) is 0.415. The van der Waals surface area contributed by atoms with Crippen LogP contribution in [0.15, 0.2) is 0 Å². The Bertz CT molecular complexity index is 18.3. The fraction of sp³-hybridized carbons (Fsp3) is 0. The predicted octanol–water partition coefficient (Wildman–Crippen LogP) is -0.0619. The van der Waals surface area contributed by atoms with Gasteiger partial charge in [0, 0.05) is 17.1 Å². The SMILES string of the molecule is [Ba+2].[C-]#N.[Fe].[H-].[H-]. The normalized spacial score (nSPS) is 0.500. The van der Waals surface area contributed by atoms with Crippen molar-refractivity contribution in [3.8, 4) is 0 Å². The Morgan fingerprint density at radius 1 is 1.50 bits per heavy atom. The summed E-state index contributed by atoms with van der Waals surface area (Å²) in [6, 6.07) is 0. The third-order valence-electron chi connectivity index (χ3n) is 0. The average Bonchev–Trinajstić information content (AvgIpc) is 1.00. The molecular weight excluding hydrogens is 219 g/mol. The van der Waals surface area contributed by atoms with Crippen LogP contribution in [-0.4, -0.2) is 48.9 Å². The van der Waals surface area contributed by atoms with Crippen LogP contribution in [0.25, 0.3) is 0 Å². The molecule has 0 rings (SSSR count). The molecule has 0 aliphatic rings. The smallest absolute Gasteiger partial charge is 1.00 e. The van der Waals surface area contributed by atoms with E-state index >= 15 is 0 Å². The minimum atomic E-state index is 0. The maximum Gasteiger partial charge on any atom is 2.00 e. The van der Waals surface area contributed by atoms with E-state index < -0.39 is 0 Å². The summed E-state index contributed by atoms with van der Waals surface area (Å²) in [4.78, 5) is 0. The molecule has 1 nitrogen and oxygen atoms in total. The molecule has 0 aromatic heterocycles. The zero-order valence-electron chi connectivity index (χ0n) is 4.01. The van der Waals surface area contributed by atoms with Gasteiger partial charge in [0.1, 0.15) is 0 Å². The summed E-state index contributed by atoms with van der Waals surface area (Å²) in [7, 11) is 0. The molecular formula is CH2BaFeN-. The second-order valence-electron chi connectivity index (χ2n) is 0. The molecule has 0 fully saturated rings. The fourth-order valence-corrected chi connectivity index (χ4v) is 0. The summed E-state index contributed by atoms with van der Waals surface area (Å²) in [6.45, 7) is 4.75. The summed E-state index contributed by atoms with van der Waals surface area (Å²) >= 11 is 0. The molecule has 0 N–H and O–H groups in total. The van der Waals surface area contributed by atoms with Gasteiger partial charge < -0.3 is 14.7 Å². The maximum atomic E-state index is 6.25. The van der Waals surface area contributed by atoms with E-state index in [1.807, 2.05) is 0 Å². The molecule has 0 heterocycles. The summed E-state index contributed by atoms with van der Waals surface area (Å²) < 4.78 is 0. The van der Waals surface area contributed by atoms with Crippen LogP contribution in [0.1, 0.15) is 2.85 Å². The van der Waals surface area contributed by atoms with Crippen LogP contribution in [0.2, 0.25) is 0 Å². The van der Waals surface area contributed by atoms with Crippen LogP contribution in [0.3, 0.4) is 0 Å². The summed E-state index contributed by atoms with van der Waals surface area (Å²) in [5.74, 6) is 0. The number of hydrogen-bond donors (Lipinski definition) is 0. The molecule has 4 heavy (non-hydrogen) atoms. The van der Waals surface area contributed by atoms with Gasteiger partial charge in [0.2, 0.25) is 0 Å². The number of hydrogen-bond acceptors (Lipinski definition) is 1. The Morgan fingerprint density at radius 3 is 1.50 bits per heavy atom. The van der Waals surface area contributed by atoms with Crippen molar-refractivity contribution in [2.24, 2.45) is 0 Å². The van der Waals surface area contributed by atoms with E-state index in [0.29, 0.717) is 0 Å². The van der Waals surface area contributed by atoms with Crippen molar-refractivity contribution >= 4 is 48.9 Å². The standard InChI is InChI=1S/CN.Ba.Fe.2H/c1-2;;;;/q-1;+2;;2*-1. The van der Waals surface area contributed by atoms with E-state index in [4.69, 9.17) is 11.8 Å². The van der Waals surface area contributed by atoms with E-state index in [1.165, 1.54) is 0 Å². The first-order chi connectivity index (χ1) is 1.00. The van der Waals surface area contributed by atoms with E-state index in [2.05, 4.69) is 0 Å². The largest absolute Gasteiger partial charge is 2.00 e. The Hall–Kier alpha value is 1.58. The van der Waals surface area contributed by atoms with Gasteiger partial charge in [0.05, 0.1) is 0 Å². The molecule has 3 heteroatoms. The third kappa shape index (κ3) is 9.54. The monoisotopic (exact) mass is 222 g/mol. The number of nitrogens with zero attached hydrogens (tertiary/aromatic N) is 1. The molecule has 0 radical (unpaired) electrons.